The highest BCUT2D eigenvalue weighted by Gasteiger charge is 2.27. The molecule has 1 heterocycles. The van der Waals surface area contributed by atoms with Crippen LogP contribution in [0.25, 0.3) is 0 Å². The van der Waals surface area contributed by atoms with Gasteiger partial charge in [-0.25, -0.2) is 0 Å². The first-order chi connectivity index (χ1) is 14.5. The summed E-state index contributed by atoms with van der Waals surface area (Å²) < 4.78 is 11.6. The first kappa shape index (κ1) is 20.3. The van der Waals surface area contributed by atoms with Gasteiger partial charge in [0.15, 0.2) is 0 Å². The van der Waals surface area contributed by atoms with Crippen molar-refractivity contribution in [2.45, 2.75) is 44.8 Å². The number of methoxy groups -OCH3 is 1. The lowest BCUT2D eigenvalue weighted by Gasteiger charge is -2.32. The van der Waals surface area contributed by atoms with E-state index in [-0.39, 0.29) is 24.0 Å². The molecule has 2 amide bonds. The van der Waals surface area contributed by atoms with E-state index in [1.54, 1.807) is 26.2 Å². The molecule has 6 heteroatoms. The summed E-state index contributed by atoms with van der Waals surface area (Å²) >= 11 is 0. The van der Waals surface area contributed by atoms with Crippen LogP contribution in [0.2, 0.25) is 0 Å². The first-order valence-electron chi connectivity index (χ1n) is 10.5. The fraction of sp³-hybridized carbons (Fsp3) is 0.417. The third-order valence-electron chi connectivity index (χ3n) is 6.05. The SMILES string of the molecule is COc1ccc(OC2CCN(C(C)=O)CC2)c(C(=O)N[C@@H]2CCc3ccccc32)c1. The van der Waals surface area contributed by atoms with Gasteiger partial charge in [-0.15, -0.1) is 0 Å². The summed E-state index contributed by atoms with van der Waals surface area (Å²) in [6.07, 6.45) is 3.35. The van der Waals surface area contributed by atoms with Gasteiger partial charge in [-0.05, 0) is 42.2 Å². The summed E-state index contributed by atoms with van der Waals surface area (Å²) in [6.45, 7) is 2.95. The van der Waals surface area contributed by atoms with E-state index < -0.39 is 0 Å². The van der Waals surface area contributed by atoms with E-state index in [4.69, 9.17) is 9.47 Å². The van der Waals surface area contributed by atoms with Crippen molar-refractivity contribution in [3.8, 4) is 11.5 Å². The van der Waals surface area contributed by atoms with E-state index >= 15 is 0 Å². The first-order valence-corrected chi connectivity index (χ1v) is 10.5. The van der Waals surface area contributed by atoms with Crippen LogP contribution in [0.15, 0.2) is 42.5 Å². The molecule has 30 heavy (non-hydrogen) atoms. The van der Waals surface area contributed by atoms with Crippen LogP contribution in [0.4, 0.5) is 0 Å². The lowest BCUT2D eigenvalue weighted by atomic mass is 10.1. The molecule has 4 rings (SSSR count). The van der Waals surface area contributed by atoms with Gasteiger partial charge in [-0.1, -0.05) is 24.3 Å². The summed E-state index contributed by atoms with van der Waals surface area (Å²) in [5, 5.41) is 3.17. The van der Waals surface area contributed by atoms with Crippen molar-refractivity contribution in [3.63, 3.8) is 0 Å². The number of rotatable bonds is 5. The topological polar surface area (TPSA) is 67.9 Å². The predicted molar refractivity (Wildman–Crippen MR) is 114 cm³/mol. The summed E-state index contributed by atoms with van der Waals surface area (Å²) in [6, 6.07) is 13.6. The standard InChI is InChI=1S/C24H28N2O4/c1-16(27)26-13-11-18(12-14-26)30-23-10-8-19(29-2)15-21(23)24(28)25-22-9-7-17-5-3-4-6-20(17)22/h3-6,8,10,15,18,22H,7,9,11-14H2,1-2H3,(H,25,28)/t22-/m1/s1. The fourth-order valence-electron chi connectivity index (χ4n) is 4.33. The average molecular weight is 408 g/mol. The van der Waals surface area contributed by atoms with Crippen LogP contribution >= 0.6 is 0 Å². The van der Waals surface area contributed by atoms with E-state index in [9.17, 15) is 9.59 Å². The Bertz CT molecular complexity index is 935. The van der Waals surface area contributed by atoms with Crippen molar-refractivity contribution >= 4 is 11.8 Å². The normalized spacial score (nSPS) is 18.6. The number of likely N-dealkylation sites (tertiary alicyclic amines) is 1. The number of aryl methyl sites for hydroxylation is 1. The number of ether oxygens (including phenoxy) is 2. The van der Waals surface area contributed by atoms with Crippen LogP contribution in [0.3, 0.4) is 0 Å². The van der Waals surface area contributed by atoms with E-state index in [0.29, 0.717) is 30.2 Å². The van der Waals surface area contributed by atoms with Crippen molar-refractivity contribution in [2.75, 3.05) is 20.2 Å². The zero-order valence-electron chi connectivity index (χ0n) is 17.5. The molecule has 1 aliphatic carbocycles. The van der Waals surface area contributed by atoms with Gasteiger partial charge in [0.2, 0.25) is 5.91 Å². The van der Waals surface area contributed by atoms with Gasteiger partial charge in [0.25, 0.3) is 5.91 Å². The van der Waals surface area contributed by atoms with Crippen LogP contribution < -0.4 is 14.8 Å². The highest BCUT2D eigenvalue weighted by atomic mass is 16.5. The third-order valence-corrected chi connectivity index (χ3v) is 6.05. The molecule has 0 aromatic heterocycles. The molecule has 1 N–H and O–H groups in total. The zero-order valence-corrected chi connectivity index (χ0v) is 17.5. The van der Waals surface area contributed by atoms with Gasteiger partial charge in [-0.2, -0.15) is 0 Å². The Balaban J connectivity index is 1.49. The molecule has 0 spiro atoms. The van der Waals surface area contributed by atoms with Gasteiger partial charge < -0.3 is 19.7 Å². The number of nitrogens with zero attached hydrogens (tertiary/aromatic N) is 1. The molecule has 2 aromatic carbocycles. The molecule has 1 atom stereocenters. The van der Waals surface area contributed by atoms with Crippen molar-refractivity contribution in [3.05, 3.63) is 59.2 Å². The van der Waals surface area contributed by atoms with E-state index in [1.165, 1.54) is 11.1 Å². The molecular formula is C24H28N2O4. The minimum absolute atomic E-state index is 0.00607. The van der Waals surface area contributed by atoms with Crippen LogP contribution in [0.5, 0.6) is 11.5 Å². The number of amides is 2. The summed E-state index contributed by atoms with van der Waals surface area (Å²) in [5.74, 6) is 1.10. The Hall–Kier alpha value is -3.02. The summed E-state index contributed by atoms with van der Waals surface area (Å²) in [5.41, 5.74) is 2.96. The number of carbonyl (C=O) groups is 2. The number of hydrogen-bond donors (Lipinski definition) is 1. The van der Waals surface area contributed by atoms with Crippen LogP contribution in [0, 0.1) is 0 Å². The lowest BCUT2D eigenvalue weighted by molar-refractivity contribution is -0.130. The van der Waals surface area contributed by atoms with Crippen molar-refractivity contribution < 1.29 is 19.1 Å². The Labute approximate surface area is 177 Å². The minimum atomic E-state index is -0.160. The maximum atomic E-state index is 13.2. The number of piperidine rings is 1. The molecule has 1 fully saturated rings. The van der Waals surface area contributed by atoms with Gasteiger partial charge in [0.1, 0.15) is 17.6 Å². The highest BCUT2D eigenvalue weighted by molar-refractivity contribution is 5.97. The molecule has 0 unspecified atom stereocenters. The minimum Gasteiger partial charge on any atom is -0.497 e. The molecular weight excluding hydrogens is 380 g/mol. The van der Waals surface area contributed by atoms with E-state index in [2.05, 4.69) is 17.4 Å². The Kier molecular flexibility index (Phi) is 5.93. The monoisotopic (exact) mass is 408 g/mol. The summed E-state index contributed by atoms with van der Waals surface area (Å²) in [4.78, 5) is 26.6. The molecule has 6 nitrogen and oxygen atoms in total. The number of hydrogen-bond acceptors (Lipinski definition) is 4. The van der Waals surface area contributed by atoms with Crippen molar-refractivity contribution in [1.29, 1.82) is 0 Å². The van der Waals surface area contributed by atoms with Crippen LogP contribution in [-0.4, -0.2) is 43.0 Å². The number of carbonyl (C=O) groups excluding carboxylic acids is 2. The van der Waals surface area contributed by atoms with Crippen molar-refractivity contribution in [2.24, 2.45) is 0 Å². The van der Waals surface area contributed by atoms with E-state index in [1.807, 2.05) is 23.1 Å². The average Bonchev–Trinajstić information content (AvgIpc) is 3.17. The molecule has 1 aliphatic heterocycles. The molecule has 2 aromatic rings. The Morgan fingerprint density at radius 3 is 2.57 bits per heavy atom. The molecule has 0 radical (unpaired) electrons. The maximum Gasteiger partial charge on any atom is 0.255 e. The highest BCUT2D eigenvalue weighted by Crippen LogP contribution is 2.32. The zero-order chi connectivity index (χ0) is 21.1. The van der Waals surface area contributed by atoms with Gasteiger partial charge in [0.05, 0.1) is 18.7 Å². The molecule has 158 valence electrons. The number of benzene rings is 2. The van der Waals surface area contributed by atoms with Crippen LogP contribution in [-0.2, 0) is 11.2 Å². The smallest absolute Gasteiger partial charge is 0.255 e. The quantitative estimate of drug-likeness (QED) is 0.822. The number of nitrogens with one attached hydrogen (secondary N) is 1. The molecule has 2 aliphatic rings. The largest absolute Gasteiger partial charge is 0.497 e. The molecule has 1 saturated heterocycles. The molecule has 0 bridgehead atoms. The Morgan fingerprint density at radius 2 is 1.83 bits per heavy atom. The second-order valence-corrected chi connectivity index (χ2v) is 7.95. The van der Waals surface area contributed by atoms with Crippen LogP contribution in [0.1, 0.15) is 53.7 Å². The lowest BCUT2D eigenvalue weighted by Crippen LogP contribution is -2.40. The summed E-state index contributed by atoms with van der Waals surface area (Å²) in [7, 11) is 1.59. The third kappa shape index (κ3) is 4.27. The second kappa shape index (κ2) is 8.78. The van der Waals surface area contributed by atoms with Gasteiger partial charge in [0, 0.05) is 32.9 Å². The maximum absolute atomic E-state index is 13.2. The predicted octanol–water partition coefficient (Wildman–Crippen LogP) is 3.50. The fourth-order valence-corrected chi connectivity index (χ4v) is 4.33. The van der Waals surface area contributed by atoms with E-state index in [0.717, 1.165) is 25.7 Å². The van der Waals surface area contributed by atoms with Gasteiger partial charge in [-0.3, -0.25) is 9.59 Å². The second-order valence-electron chi connectivity index (χ2n) is 7.95. The number of fused-ring (bicyclic) bond motifs is 1. The van der Waals surface area contributed by atoms with Gasteiger partial charge >= 0.3 is 0 Å². The van der Waals surface area contributed by atoms with Crippen molar-refractivity contribution in [1.82, 2.24) is 10.2 Å². The molecule has 0 saturated carbocycles. The Morgan fingerprint density at radius 1 is 1.07 bits per heavy atom.